The Kier molecular flexibility index (Phi) is 9.07. The third kappa shape index (κ3) is 7.33. The van der Waals surface area contributed by atoms with E-state index < -0.39 is 0 Å². The minimum atomic E-state index is -0.225. The lowest BCUT2D eigenvalue weighted by molar-refractivity contribution is -0.121. The van der Waals surface area contributed by atoms with Crippen LogP contribution in [0.1, 0.15) is 63.8 Å². The van der Waals surface area contributed by atoms with Crippen LogP contribution in [-0.4, -0.2) is 39.8 Å². The van der Waals surface area contributed by atoms with E-state index in [-0.39, 0.29) is 29.2 Å². The largest absolute Gasteiger partial charge is 0.444 e. The Morgan fingerprint density at radius 2 is 2.00 bits per heavy atom. The zero-order valence-electron chi connectivity index (χ0n) is 22.3. The molecule has 3 aromatic rings. The maximum absolute atomic E-state index is 12.9. The van der Waals surface area contributed by atoms with Gasteiger partial charge in [0.15, 0.2) is 5.13 Å². The molecule has 1 aliphatic heterocycles. The highest BCUT2D eigenvalue weighted by molar-refractivity contribution is 8.00. The van der Waals surface area contributed by atoms with E-state index in [1.807, 2.05) is 18.2 Å². The first kappa shape index (κ1) is 28.1. The summed E-state index contributed by atoms with van der Waals surface area (Å²) in [5.41, 5.74) is 1.81. The van der Waals surface area contributed by atoms with Gasteiger partial charge in [-0.05, 0) is 56.6 Å². The Bertz CT molecular complexity index is 1270. The molecule has 202 valence electrons. The number of benzene rings is 1. The third-order valence-corrected chi connectivity index (χ3v) is 8.71. The number of oxazole rings is 1. The van der Waals surface area contributed by atoms with Crippen LogP contribution in [0, 0.1) is 5.92 Å². The first-order chi connectivity index (χ1) is 18.1. The van der Waals surface area contributed by atoms with E-state index in [1.165, 1.54) is 17.4 Å². The third-order valence-electron chi connectivity index (χ3n) is 6.62. The molecule has 0 spiro atoms. The monoisotopic (exact) mass is 553 g/mol. The number of amides is 2. The lowest BCUT2D eigenvalue weighted by Crippen LogP contribution is -2.39. The van der Waals surface area contributed by atoms with Gasteiger partial charge in [0.2, 0.25) is 17.7 Å². The van der Waals surface area contributed by atoms with Gasteiger partial charge in [-0.15, -0.1) is 11.8 Å². The van der Waals surface area contributed by atoms with Gasteiger partial charge in [0, 0.05) is 23.1 Å². The van der Waals surface area contributed by atoms with E-state index in [2.05, 4.69) is 65.8 Å². The Balaban J connectivity index is 1.24. The molecule has 1 unspecified atom stereocenters. The average Bonchev–Trinajstić information content (AvgIpc) is 3.57. The van der Waals surface area contributed by atoms with Gasteiger partial charge in [0.05, 0.1) is 22.4 Å². The molecule has 1 saturated heterocycles. The highest BCUT2D eigenvalue weighted by atomic mass is 32.2. The van der Waals surface area contributed by atoms with Gasteiger partial charge in [0.25, 0.3) is 0 Å². The van der Waals surface area contributed by atoms with Gasteiger partial charge >= 0.3 is 0 Å². The van der Waals surface area contributed by atoms with E-state index >= 15 is 0 Å². The Morgan fingerprint density at radius 3 is 2.68 bits per heavy atom. The number of nitrogens with one attached hydrogen (secondary N) is 2. The van der Waals surface area contributed by atoms with E-state index in [0.717, 1.165) is 47.2 Å². The predicted octanol–water partition coefficient (Wildman–Crippen LogP) is 6.26. The number of hydrogen-bond donors (Lipinski definition) is 2. The quantitative estimate of drug-likeness (QED) is 0.238. The van der Waals surface area contributed by atoms with Gasteiger partial charge in [-0.25, -0.2) is 9.97 Å². The molecule has 0 saturated carbocycles. The molecule has 1 aromatic carbocycles. The highest BCUT2D eigenvalue weighted by Crippen LogP contribution is 2.33. The number of carbonyl (C=O) groups excluding carboxylic acids is 2. The number of aromatic nitrogens is 2. The molecule has 0 bridgehead atoms. The second kappa shape index (κ2) is 12.3. The number of hydrogen-bond acceptors (Lipinski definition) is 8. The number of piperidine rings is 1. The number of thioether (sulfide) groups is 1. The topological polar surface area (TPSA) is 100 Å². The van der Waals surface area contributed by atoms with E-state index in [9.17, 15) is 9.59 Å². The summed E-state index contributed by atoms with van der Waals surface area (Å²) in [7, 11) is 0. The summed E-state index contributed by atoms with van der Waals surface area (Å²) in [4.78, 5) is 35.7. The van der Waals surface area contributed by atoms with Crippen molar-refractivity contribution in [3.05, 3.63) is 66.5 Å². The van der Waals surface area contributed by atoms with Crippen molar-refractivity contribution in [1.29, 1.82) is 0 Å². The summed E-state index contributed by atoms with van der Waals surface area (Å²) in [6, 6.07) is 8.05. The van der Waals surface area contributed by atoms with Crippen molar-refractivity contribution >= 4 is 45.7 Å². The average molecular weight is 554 g/mol. The van der Waals surface area contributed by atoms with Crippen molar-refractivity contribution < 1.29 is 14.0 Å². The molecule has 2 N–H and O–H groups in total. The van der Waals surface area contributed by atoms with Gasteiger partial charge in [-0.1, -0.05) is 50.8 Å². The first-order valence-corrected chi connectivity index (χ1v) is 14.5. The maximum atomic E-state index is 12.9. The Labute approximate surface area is 232 Å². The molecular formula is C28H35N5O3S2. The van der Waals surface area contributed by atoms with Crippen LogP contribution in [0.2, 0.25) is 0 Å². The molecule has 0 radical (unpaired) electrons. The SMILES string of the molecule is C=CC(=O)Nc1cccc(C(C)N2CCC(C(=O)Nc3ncc(SCc4ncc(C(C)(C)C)o4)s3)CC2)c1. The Hall–Kier alpha value is -2.95. The zero-order valence-corrected chi connectivity index (χ0v) is 24.0. The molecule has 2 amide bonds. The number of anilines is 2. The number of nitrogens with zero attached hydrogens (tertiary/aromatic N) is 3. The molecule has 38 heavy (non-hydrogen) atoms. The molecule has 1 aliphatic rings. The molecule has 2 aromatic heterocycles. The number of thiazole rings is 1. The standard InChI is InChI=1S/C28H35N5O3S2/c1-6-23(34)31-21-9-7-8-20(14-21)18(2)33-12-10-19(11-13-33)26(35)32-27-30-16-25(38-27)37-17-24-29-15-22(36-24)28(3,4)5/h6-9,14-16,18-19H,1,10-13,17H2,2-5H3,(H,31,34)(H,30,32,35). The van der Waals surface area contributed by atoms with Gasteiger partial charge < -0.3 is 15.1 Å². The fourth-order valence-corrected chi connectivity index (χ4v) is 6.01. The zero-order chi connectivity index (χ0) is 27.3. The smallest absolute Gasteiger partial charge is 0.247 e. The van der Waals surface area contributed by atoms with Crippen LogP contribution in [-0.2, 0) is 20.8 Å². The second-order valence-corrected chi connectivity index (χ2v) is 12.7. The van der Waals surface area contributed by atoms with Crippen LogP contribution in [0.25, 0.3) is 0 Å². The molecule has 10 heteroatoms. The van der Waals surface area contributed by atoms with Crippen LogP contribution in [0.5, 0.6) is 0 Å². The molecule has 4 rings (SSSR count). The Morgan fingerprint density at radius 1 is 1.24 bits per heavy atom. The summed E-state index contributed by atoms with van der Waals surface area (Å²) < 4.78 is 6.86. The minimum absolute atomic E-state index is 0.0276. The van der Waals surface area contributed by atoms with Gasteiger partial charge in [-0.3, -0.25) is 14.5 Å². The van der Waals surface area contributed by atoms with E-state index in [0.29, 0.717) is 16.8 Å². The first-order valence-electron chi connectivity index (χ1n) is 12.7. The van der Waals surface area contributed by atoms with Crippen LogP contribution >= 0.6 is 23.1 Å². The second-order valence-electron chi connectivity index (χ2n) is 10.4. The van der Waals surface area contributed by atoms with Crippen molar-refractivity contribution in [1.82, 2.24) is 14.9 Å². The summed E-state index contributed by atoms with van der Waals surface area (Å²) in [6.45, 7) is 13.6. The van der Waals surface area contributed by atoms with Crippen LogP contribution in [0.15, 0.2) is 57.9 Å². The van der Waals surface area contributed by atoms with Crippen molar-refractivity contribution in [3.63, 3.8) is 0 Å². The minimum Gasteiger partial charge on any atom is -0.444 e. The van der Waals surface area contributed by atoms with Crippen LogP contribution < -0.4 is 10.6 Å². The molecule has 8 nitrogen and oxygen atoms in total. The maximum Gasteiger partial charge on any atom is 0.247 e. The van der Waals surface area contributed by atoms with Crippen molar-refractivity contribution in [2.24, 2.45) is 5.92 Å². The van der Waals surface area contributed by atoms with Gasteiger partial charge in [-0.2, -0.15) is 0 Å². The normalized spacial score (nSPS) is 15.7. The van der Waals surface area contributed by atoms with Crippen molar-refractivity contribution in [3.8, 4) is 0 Å². The van der Waals surface area contributed by atoms with E-state index in [4.69, 9.17) is 4.42 Å². The van der Waals surface area contributed by atoms with E-state index in [1.54, 1.807) is 24.2 Å². The number of likely N-dealkylation sites (tertiary alicyclic amines) is 1. The molecule has 1 fully saturated rings. The van der Waals surface area contributed by atoms with Crippen LogP contribution in [0.3, 0.4) is 0 Å². The summed E-state index contributed by atoms with van der Waals surface area (Å²) in [5, 5.41) is 6.45. The summed E-state index contributed by atoms with van der Waals surface area (Å²) >= 11 is 3.07. The highest BCUT2D eigenvalue weighted by Gasteiger charge is 2.28. The molecule has 0 aliphatic carbocycles. The summed E-state index contributed by atoms with van der Waals surface area (Å²) in [5.74, 6) is 1.94. The van der Waals surface area contributed by atoms with Crippen molar-refractivity contribution in [2.75, 3.05) is 23.7 Å². The fraction of sp³-hybridized carbons (Fsp3) is 0.429. The molecule has 1 atom stereocenters. The van der Waals surface area contributed by atoms with Crippen molar-refractivity contribution in [2.45, 2.75) is 62.0 Å². The molecule has 3 heterocycles. The number of rotatable bonds is 9. The van der Waals surface area contributed by atoms with Crippen LogP contribution in [0.4, 0.5) is 10.8 Å². The predicted molar refractivity (Wildman–Crippen MR) is 153 cm³/mol. The fourth-order valence-electron chi connectivity index (χ4n) is 4.28. The lowest BCUT2D eigenvalue weighted by atomic mass is 9.94. The lowest BCUT2D eigenvalue weighted by Gasteiger charge is -2.35. The van der Waals surface area contributed by atoms with Gasteiger partial charge in [0.1, 0.15) is 5.76 Å². The number of carbonyl (C=O) groups is 2. The molecular weight excluding hydrogens is 518 g/mol. The summed E-state index contributed by atoms with van der Waals surface area (Å²) in [6.07, 6.45) is 6.42.